The Morgan fingerprint density at radius 3 is 2.48 bits per heavy atom. The molecule has 0 unspecified atom stereocenters. The minimum Gasteiger partial charge on any atom is -0.346 e. The minimum absolute atomic E-state index is 0. The lowest BCUT2D eigenvalue weighted by molar-refractivity contribution is -0.126. The number of amides is 2. The van der Waals surface area contributed by atoms with Gasteiger partial charge in [0.1, 0.15) is 0 Å². The van der Waals surface area contributed by atoms with Crippen molar-refractivity contribution in [3.63, 3.8) is 0 Å². The highest BCUT2D eigenvalue weighted by molar-refractivity contribution is 5.98. The predicted octanol–water partition coefficient (Wildman–Crippen LogP) is 2.39. The fraction of sp³-hybridized carbons (Fsp3) is 0.579. The lowest BCUT2D eigenvalue weighted by atomic mass is 9.86. The van der Waals surface area contributed by atoms with Gasteiger partial charge in [-0.05, 0) is 34.9 Å². The molecule has 1 aromatic carbocycles. The number of nitrogens with zero attached hydrogens (tertiary/aromatic N) is 1. The third-order valence-electron chi connectivity index (χ3n) is 4.58. The molecule has 0 fully saturated rings. The lowest BCUT2D eigenvalue weighted by Crippen LogP contribution is -2.47. The maximum absolute atomic E-state index is 12.5. The van der Waals surface area contributed by atoms with Gasteiger partial charge in [0.2, 0.25) is 11.8 Å². The van der Waals surface area contributed by atoms with Gasteiger partial charge < -0.3 is 16.0 Å². The van der Waals surface area contributed by atoms with Crippen LogP contribution in [-0.4, -0.2) is 30.9 Å². The normalized spacial score (nSPS) is 14.8. The topological polar surface area (TPSA) is 75.4 Å². The summed E-state index contributed by atoms with van der Waals surface area (Å²) in [5.74, 6) is -0.328. The first-order valence-electron chi connectivity index (χ1n) is 8.58. The number of carbonyl (C=O) groups excluding carboxylic acids is 2. The van der Waals surface area contributed by atoms with E-state index in [0.29, 0.717) is 6.54 Å². The molecule has 1 atom stereocenters. The van der Waals surface area contributed by atoms with Crippen LogP contribution >= 0.6 is 12.4 Å². The Balaban J connectivity index is 0.00000312. The van der Waals surface area contributed by atoms with Gasteiger partial charge >= 0.3 is 0 Å². The molecule has 0 saturated heterocycles. The van der Waals surface area contributed by atoms with Crippen LogP contribution in [-0.2, 0) is 21.4 Å². The largest absolute Gasteiger partial charge is 0.346 e. The zero-order valence-corrected chi connectivity index (χ0v) is 16.6. The van der Waals surface area contributed by atoms with E-state index in [1.165, 1.54) is 11.1 Å². The molecule has 6 heteroatoms. The first kappa shape index (κ1) is 21.5. The van der Waals surface area contributed by atoms with Crippen molar-refractivity contribution in [3.05, 3.63) is 29.3 Å². The molecule has 0 radical (unpaired) electrons. The van der Waals surface area contributed by atoms with Crippen LogP contribution in [0.4, 0.5) is 5.69 Å². The van der Waals surface area contributed by atoms with Crippen molar-refractivity contribution < 1.29 is 9.59 Å². The van der Waals surface area contributed by atoms with E-state index in [9.17, 15) is 9.59 Å². The fourth-order valence-electron chi connectivity index (χ4n) is 2.81. The van der Waals surface area contributed by atoms with Gasteiger partial charge in [-0.2, -0.15) is 0 Å². The highest BCUT2D eigenvalue weighted by atomic mass is 35.5. The second-order valence-electron chi connectivity index (χ2n) is 7.88. The van der Waals surface area contributed by atoms with E-state index in [4.69, 9.17) is 5.73 Å². The van der Waals surface area contributed by atoms with Crippen LogP contribution in [0.25, 0.3) is 0 Å². The average Bonchev–Trinajstić information content (AvgIpc) is 2.93. The summed E-state index contributed by atoms with van der Waals surface area (Å²) in [5, 5.41) is 2.65. The number of carbonyl (C=O) groups is 2. The standard InChI is InChI=1S/C19H29N3O2.ClH/c1-12(2)17(20)18(24)21-11-16(23)22-9-8-13-10-14(19(3,4)5)6-7-15(13)22;/h6-7,10,12,17H,8-9,11,20H2,1-5H3,(H,21,24);1H/t17-;/m0./s1. The minimum atomic E-state index is -0.585. The summed E-state index contributed by atoms with van der Waals surface area (Å²) in [7, 11) is 0. The number of anilines is 1. The Bertz CT molecular complexity index is 638. The van der Waals surface area contributed by atoms with Crippen LogP contribution in [0, 0.1) is 5.92 Å². The van der Waals surface area contributed by atoms with Crippen LogP contribution in [0.3, 0.4) is 0 Å². The molecule has 2 amide bonds. The number of hydrogen-bond acceptors (Lipinski definition) is 3. The molecule has 1 aliphatic heterocycles. The highest BCUT2D eigenvalue weighted by Crippen LogP contribution is 2.32. The third kappa shape index (κ3) is 4.95. The third-order valence-corrected chi connectivity index (χ3v) is 4.58. The van der Waals surface area contributed by atoms with E-state index in [0.717, 1.165) is 12.1 Å². The Hall–Kier alpha value is -1.59. The smallest absolute Gasteiger partial charge is 0.246 e. The van der Waals surface area contributed by atoms with Crippen molar-refractivity contribution in [2.24, 2.45) is 11.7 Å². The average molecular weight is 368 g/mol. The van der Waals surface area contributed by atoms with Gasteiger partial charge in [0.25, 0.3) is 0 Å². The maximum atomic E-state index is 12.5. The fourth-order valence-corrected chi connectivity index (χ4v) is 2.81. The molecule has 0 aliphatic carbocycles. The van der Waals surface area contributed by atoms with E-state index in [1.54, 1.807) is 4.90 Å². The van der Waals surface area contributed by atoms with Crippen molar-refractivity contribution in [1.82, 2.24) is 5.32 Å². The van der Waals surface area contributed by atoms with Crippen molar-refractivity contribution in [3.8, 4) is 0 Å². The summed E-state index contributed by atoms with van der Waals surface area (Å²) in [4.78, 5) is 26.1. The molecule has 1 aliphatic rings. The number of benzene rings is 1. The molecule has 25 heavy (non-hydrogen) atoms. The van der Waals surface area contributed by atoms with E-state index >= 15 is 0 Å². The molecule has 0 bridgehead atoms. The second-order valence-corrected chi connectivity index (χ2v) is 7.88. The Kier molecular flexibility index (Phi) is 7.03. The lowest BCUT2D eigenvalue weighted by Gasteiger charge is -2.22. The van der Waals surface area contributed by atoms with E-state index in [-0.39, 0.29) is 42.1 Å². The Morgan fingerprint density at radius 1 is 1.28 bits per heavy atom. The van der Waals surface area contributed by atoms with Gasteiger partial charge in [0, 0.05) is 12.2 Å². The molecule has 1 heterocycles. The molecular weight excluding hydrogens is 338 g/mol. The van der Waals surface area contributed by atoms with Crippen molar-refractivity contribution in [1.29, 1.82) is 0 Å². The Labute approximate surface area is 156 Å². The summed E-state index contributed by atoms with van der Waals surface area (Å²) in [6, 6.07) is 5.70. The number of hydrogen-bond donors (Lipinski definition) is 2. The van der Waals surface area contributed by atoms with Crippen LogP contribution in [0.15, 0.2) is 18.2 Å². The van der Waals surface area contributed by atoms with Crippen molar-refractivity contribution >= 4 is 29.9 Å². The SMILES string of the molecule is CC(C)[C@H](N)C(=O)NCC(=O)N1CCc2cc(C(C)(C)C)ccc21.Cl. The molecule has 0 spiro atoms. The number of rotatable bonds is 4. The van der Waals surface area contributed by atoms with Crippen molar-refractivity contribution in [2.45, 2.75) is 52.5 Å². The molecule has 0 aromatic heterocycles. The van der Waals surface area contributed by atoms with Gasteiger partial charge in [-0.1, -0.05) is 46.8 Å². The van der Waals surface area contributed by atoms with E-state index in [2.05, 4.69) is 38.2 Å². The highest BCUT2D eigenvalue weighted by Gasteiger charge is 2.27. The second kappa shape index (κ2) is 8.19. The first-order valence-corrected chi connectivity index (χ1v) is 8.58. The molecule has 5 nitrogen and oxygen atoms in total. The molecule has 2 rings (SSSR count). The molecule has 140 valence electrons. The number of fused-ring (bicyclic) bond motifs is 1. The zero-order valence-electron chi connectivity index (χ0n) is 15.8. The quantitative estimate of drug-likeness (QED) is 0.857. The van der Waals surface area contributed by atoms with Crippen molar-refractivity contribution in [2.75, 3.05) is 18.0 Å². The first-order chi connectivity index (χ1) is 11.1. The molecule has 0 saturated carbocycles. The van der Waals surface area contributed by atoms with Gasteiger partial charge in [-0.15, -0.1) is 12.4 Å². The molecule has 1 aromatic rings. The van der Waals surface area contributed by atoms with Crippen LogP contribution in [0.2, 0.25) is 0 Å². The van der Waals surface area contributed by atoms with Crippen LogP contribution in [0.1, 0.15) is 45.7 Å². The van der Waals surface area contributed by atoms with Gasteiger partial charge in [-0.25, -0.2) is 0 Å². The molecule has 3 N–H and O–H groups in total. The summed E-state index contributed by atoms with van der Waals surface area (Å²) in [5.41, 5.74) is 9.31. The van der Waals surface area contributed by atoms with Crippen LogP contribution in [0.5, 0.6) is 0 Å². The summed E-state index contributed by atoms with van der Waals surface area (Å²) in [6.07, 6.45) is 0.852. The predicted molar refractivity (Wildman–Crippen MR) is 104 cm³/mol. The Morgan fingerprint density at radius 2 is 1.92 bits per heavy atom. The zero-order chi connectivity index (χ0) is 18.1. The van der Waals surface area contributed by atoms with Gasteiger partial charge in [0.15, 0.2) is 0 Å². The van der Waals surface area contributed by atoms with E-state index < -0.39 is 6.04 Å². The number of halogens is 1. The summed E-state index contributed by atoms with van der Waals surface area (Å²) < 4.78 is 0. The van der Waals surface area contributed by atoms with E-state index in [1.807, 2.05) is 19.9 Å². The van der Waals surface area contributed by atoms with Crippen LogP contribution < -0.4 is 16.0 Å². The monoisotopic (exact) mass is 367 g/mol. The number of nitrogens with two attached hydrogens (primary N) is 1. The number of nitrogens with one attached hydrogen (secondary N) is 1. The van der Waals surface area contributed by atoms with Gasteiger partial charge in [-0.3, -0.25) is 9.59 Å². The van der Waals surface area contributed by atoms with Gasteiger partial charge in [0.05, 0.1) is 12.6 Å². The maximum Gasteiger partial charge on any atom is 0.246 e. The summed E-state index contributed by atoms with van der Waals surface area (Å²) in [6.45, 7) is 11.0. The summed E-state index contributed by atoms with van der Waals surface area (Å²) >= 11 is 0. The molecular formula is C19H30ClN3O2.